The van der Waals surface area contributed by atoms with Crippen LogP contribution in [0.1, 0.15) is 32.0 Å². The number of para-hydroxylation sites is 1. The number of hydrogen-bond acceptors (Lipinski definition) is 5. The van der Waals surface area contributed by atoms with Crippen molar-refractivity contribution >= 4 is 39.5 Å². The van der Waals surface area contributed by atoms with Gasteiger partial charge in [0.05, 0.1) is 23.2 Å². The fourth-order valence-corrected chi connectivity index (χ4v) is 4.95. The summed E-state index contributed by atoms with van der Waals surface area (Å²) in [7, 11) is 0. The van der Waals surface area contributed by atoms with Gasteiger partial charge in [0.25, 0.3) is 0 Å². The fourth-order valence-electron chi connectivity index (χ4n) is 3.69. The van der Waals surface area contributed by atoms with Crippen LogP contribution in [0.5, 0.6) is 0 Å². The molecule has 3 heterocycles. The summed E-state index contributed by atoms with van der Waals surface area (Å²) < 4.78 is 2.20. The van der Waals surface area contributed by atoms with Crippen molar-refractivity contribution in [3.8, 4) is 0 Å². The number of aliphatic hydroxyl groups is 1. The lowest BCUT2D eigenvalue weighted by atomic mass is 9.96. The second-order valence-electron chi connectivity index (χ2n) is 6.91. The minimum absolute atomic E-state index is 0.469. The maximum absolute atomic E-state index is 11.1. The summed E-state index contributed by atoms with van der Waals surface area (Å²) in [5.74, 6) is 3.48. The number of nitrogens with zero attached hydrogens (tertiary/aromatic N) is 3. The van der Waals surface area contributed by atoms with Crippen LogP contribution in [-0.2, 0) is 13.0 Å². The first kappa shape index (κ1) is 16.7. The molecule has 132 valence electrons. The normalized spacial score (nSPS) is 17.4. The first-order valence-electron chi connectivity index (χ1n) is 8.95. The molecule has 0 radical (unpaired) electrons. The lowest BCUT2D eigenvalue weighted by Crippen LogP contribution is -2.38. The topological polar surface area (TPSA) is 77.0 Å². The van der Waals surface area contributed by atoms with E-state index in [2.05, 4.69) is 22.5 Å². The van der Waals surface area contributed by atoms with Gasteiger partial charge in [-0.2, -0.15) is 11.8 Å². The second kappa shape index (κ2) is 6.50. The number of nitrogens with two attached hydrogens (primary N) is 1. The van der Waals surface area contributed by atoms with E-state index in [0.29, 0.717) is 12.4 Å². The summed E-state index contributed by atoms with van der Waals surface area (Å²) in [6, 6.07) is 8.04. The average molecular weight is 356 g/mol. The molecule has 0 unspecified atom stereocenters. The fraction of sp³-hybridized carbons (Fsp3) is 0.474. The Morgan fingerprint density at radius 3 is 2.76 bits per heavy atom. The third-order valence-corrected chi connectivity index (χ3v) is 6.02. The average Bonchev–Trinajstić information content (AvgIpc) is 2.95. The summed E-state index contributed by atoms with van der Waals surface area (Å²) in [5.41, 5.74) is 8.20. The summed E-state index contributed by atoms with van der Waals surface area (Å²) in [5, 5.41) is 12.2. The first-order chi connectivity index (χ1) is 12.1. The monoisotopic (exact) mass is 356 g/mol. The molecule has 0 spiro atoms. The Morgan fingerprint density at radius 2 is 2.00 bits per heavy atom. The molecule has 25 heavy (non-hydrogen) atoms. The third-order valence-electron chi connectivity index (χ3n) is 5.04. The van der Waals surface area contributed by atoms with Gasteiger partial charge in [0, 0.05) is 11.8 Å². The number of hydrogen-bond donors (Lipinski definition) is 2. The molecular formula is C19H24N4OS. The number of pyridine rings is 1. The molecule has 0 bridgehead atoms. The van der Waals surface area contributed by atoms with Crippen LogP contribution >= 0.6 is 11.8 Å². The molecule has 1 aliphatic rings. The Bertz CT molecular complexity index is 915. The zero-order chi connectivity index (χ0) is 17.4. The van der Waals surface area contributed by atoms with Gasteiger partial charge in [-0.05, 0) is 36.8 Å². The summed E-state index contributed by atoms with van der Waals surface area (Å²) >= 11 is 1.92. The maximum atomic E-state index is 11.1. The van der Waals surface area contributed by atoms with Gasteiger partial charge in [0.15, 0.2) is 5.82 Å². The Morgan fingerprint density at radius 1 is 1.24 bits per heavy atom. The van der Waals surface area contributed by atoms with Crippen molar-refractivity contribution in [3.63, 3.8) is 0 Å². The Balaban J connectivity index is 1.94. The third kappa shape index (κ3) is 2.98. The molecule has 1 saturated heterocycles. The van der Waals surface area contributed by atoms with Crippen molar-refractivity contribution < 1.29 is 5.11 Å². The molecule has 0 aliphatic carbocycles. The van der Waals surface area contributed by atoms with Crippen molar-refractivity contribution in [1.29, 1.82) is 0 Å². The molecule has 0 atom stereocenters. The van der Waals surface area contributed by atoms with E-state index in [0.717, 1.165) is 64.9 Å². The van der Waals surface area contributed by atoms with Gasteiger partial charge in [-0.3, -0.25) is 0 Å². The van der Waals surface area contributed by atoms with Gasteiger partial charge in [-0.25, -0.2) is 9.97 Å². The van der Waals surface area contributed by atoms with Gasteiger partial charge in [0.2, 0.25) is 0 Å². The number of rotatable bonds is 4. The number of benzene rings is 1. The Hall–Kier alpha value is -1.79. The molecule has 1 aromatic carbocycles. The van der Waals surface area contributed by atoms with Gasteiger partial charge in [-0.15, -0.1) is 0 Å². The van der Waals surface area contributed by atoms with E-state index >= 15 is 0 Å². The van der Waals surface area contributed by atoms with Crippen LogP contribution < -0.4 is 5.73 Å². The highest BCUT2D eigenvalue weighted by molar-refractivity contribution is 7.99. The van der Waals surface area contributed by atoms with Crippen LogP contribution in [0.2, 0.25) is 0 Å². The summed E-state index contributed by atoms with van der Waals surface area (Å²) in [6.07, 6.45) is 3.51. The number of aryl methyl sites for hydroxylation is 1. The number of aromatic nitrogens is 3. The number of thioether (sulfide) groups is 1. The highest BCUT2D eigenvalue weighted by Crippen LogP contribution is 2.33. The molecule has 2 aromatic heterocycles. The standard InChI is InChI=1S/C19H24N4OS/c1-2-5-15-22-16-17(13-6-3-4-7-14(13)21-18(16)20)23(15)12-19(24)8-10-25-11-9-19/h3-4,6-7,24H,2,5,8-12H2,1H3,(H2,20,21). The number of fused-ring (bicyclic) bond motifs is 3. The van der Waals surface area contributed by atoms with Crippen molar-refractivity contribution in [1.82, 2.24) is 14.5 Å². The van der Waals surface area contributed by atoms with Crippen LogP contribution in [0.4, 0.5) is 5.82 Å². The van der Waals surface area contributed by atoms with Crippen molar-refractivity contribution in [2.24, 2.45) is 0 Å². The number of anilines is 1. The second-order valence-corrected chi connectivity index (χ2v) is 8.14. The van der Waals surface area contributed by atoms with E-state index in [9.17, 15) is 5.11 Å². The SMILES string of the molecule is CCCc1nc2c(N)nc3ccccc3c2n1CC1(O)CCSCC1. The molecule has 3 N–H and O–H groups in total. The largest absolute Gasteiger partial charge is 0.388 e. The lowest BCUT2D eigenvalue weighted by Gasteiger charge is -2.32. The van der Waals surface area contributed by atoms with E-state index in [1.54, 1.807) is 0 Å². The highest BCUT2D eigenvalue weighted by atomic mass is 32.2. The predicted octanol–water partition coefficient (Wildman–Crippen LogP) is 3.38. The van der Waals surface area contributed by atoms with Gasteiger partial charge >= 0.3 is 0 Å². The highest BCUT2D eigenvalue weighted by Gasteiger charge is 2.32. The van der Waals surface area contributed by atoms with Crippen LogP contribution in [0.25, 0.3) is 21.9 Å². The van der Waals surface area contributed by atoms with Crippen molar-refractivity contribution in [2.75, 3.05) is 17.2 Å². The molecule has 6 heteroatoms. The molecule has 5 nitrogen and oxygen atoms in total. The Kier molecular flexibility index (Phi) is 4.33. The minimum atomic E-state index is -0.666. The summed E-state index contributed by atoms with van der Waals surface area (Å²) in [6.45, 7) is 2.72. The molecular weight excluding hydrogens is 332 g/mol. The van der Waals surface area contributed by atoms with Crippen LogP contribution in [-0.4, -0.2) is 36.7 Å². The van der Waals surface area contributed by atoms with Crippen molar-refractivity contribution in [3.05, 3.63) is 30.1 Å². The van der Waals surface area contributed by atoms with E-state index in [-0.39, 0.29) is 0 Å². The minimum Gasteiger partial charge on any atom is -0.388 e. The van der Waals surface area contributed by atoms with Crippen molar-refractivity contribution in [2.45, 2.75) is 44.8 Å². The van der Waals surface area contributed by atoms with E-state index < -0.39 is 5.60 Å². The molecule has 0 amide bonds. The molecule has 3 aromatic rings. The van der Waals surface area contributed by atoms with E-state index in [1.807, 2.05) is 30.0 Å². The van der Waals surface area contributed by atoms with E-state index in [4.69, 9.17) is 10.7 Å². The molecule has 0 saturated carbocycles. The predicted molar refractivity (Wildman–Crippen MR) is 105 cm³/mol. The molecule has 1 aliphatic heterocycles. The lowest BCUT2D eigenvalue weighted by molar-refractivity contribution is 0.0152. The zero-order valence-corrected chi connectivity index (χ0v) is 15.4. The Labute approximate surface area is 151 Å². The van der Waals surface area contributed by atoms with Gasteiger partial charge in [-0.1, -0.05) is 25.1 Å². The van der Waals surface area contributed by atoms with Gasteiger partial charge < -0.3 is 15.4 Å². The number of nitrogen functional groups attached to an aromatic ring is 1. The smallest absolute Gasteiger partial charge is 0.152 e. The first-order valence-corrected chi connectivity index (χ1v) is 10.1. The van der Waals surface area contributed by atoms with Crippen LogP contribution in [0, 0.1) is 0 Å². The maximum Gasteiger partial charge on any atom is 0.152 e. The number of imidazole rings is 1. The van der Waals surface area contributed by atoms with Crippen LogP contribution in [0.3, 0.4) is 0 Å². The summed E-state index contributed by atoms with van der Waals surface area (Å²) in [4.78, 5) is 9.33. The molecule has 4 rings (SSSR count). The van der Waals surface area contributed by atoms with E-state index in [1.165, 1.54) is 0 Å². The van der Waals surface area contributed by atoms with Crippen LogP contribution in [0.15, 0.2) is 24.3 Å². The molecule has 1 fully saturated rings. The van der Waals surface area contributed by atoms with Gasteiger partial charge in [0.1, 0.15) is 11.3 Å². The quantitative estimate of drug-likeness (QED) is 0.749. The zero-order valence-electron chi connectivity index (χ0n) is 14.5.